The van der Waals surface area contributed by atoms with E-state index in [0.717, 1.165) is 42.7 Å². The summed E-state index contributed by atoms with van der Waals surface area (Å²) in [6.45, 7) is 14.2. The van der Waals surface area contributed by atoms with Crippen molar-refractivity contribution in [1.29, 1.82) is 0 Å². The van der Waals surface area contributed by atoms with Gasteiger partial charge in [-0.1, -0.05) is 84.9 Å². The topological polar surface area (TPSA) is 54.2 Å². The first-order valence-corrected chi connectivity index (χ1v) is 13.3. The number of benzene rings is 2. The van der Waals surface area contributed by atoms with Crippen molar-refractivity contribution in [1.82, 2.24) is 19.9 Å². The molecule has 186 valence electrons. The number of phenolic OH excluding ortho intramolecular Hbond substituents is 1. The van der Waals surface area contributed by atoms with Gasteiger partial charge in [-0.25, -0.2) is 0 Å². The van der Waals surface area contributed by atoms with Gasteiger partial charge >= 0.3 is 0 Å². The molecule has 1 heterocycles. The van der Waals surface area contributed by atoms with Crippen LogP contribution in [0.15, 0.2) is 36.4 Å². The lowest BCUT2D eigenvalue weighted by Crippen LogP contribution is -2.26. The van der Waals surface area contributed by atoms with E-state index < -0.39 is 0 Å². The number of hydrogen-bond acceptors (Lipinski definition) is 4. The van der Waals surface area contributed by atoms with E-state index in [9.17, 15) is 5.11 Å². The van der Waals surface area contributed by atoms with Crippen molar-refractivity contribution in [3.63, 3.8) is 0 Å². The molecule has 5 nitrogen and oxygen atoms in total. The molecule has 34 heavy (non-hydrogen) atoms. The molecule has 1 N–H and O–H groups in total. The van der Waals surface area contributed by atoms with Gasteiger partial charge in [-0.15, -0.1) is 15.0 Å². The summed E-state index contributed by atoms with van der Waals surface area (Å²) in [6.07, 6.45) is 9.48. The predicted molar refractivity (Wildman–Crippen MR) is 143 cm³/mol. The van der Waals surface area contributed by atoms with Crippen LogP contribution in [0.4, 0.5) is 0 Å². The second-order valence-electron chi connectivity index (χ2n) is 10.3. The normalized spacial score (nSPS) is 12.2. The fourth-order valence-electron chi connectivity index (χ4n) is 4.54. The van der Waals surface area contributed by atoms with Gasteiger partial charge in [0.05, 0.1) is 0 Å². The Bertz CT molecular complexity index is 999. The third-order valence-electron chi connectivity index (χ3n) is 6.91. The largest absolute Gasteiger partial charge is 0.505 e. The van der Waals surface area contributed by atoms with Gasteiger partial charge in [-0.3, -0.25) is 4.90 Å². The van der Waals surface area contributed by atoms with Crippen LogP contribution in [-0.4, -0.2) is 38.1 Å². The van der Waals surface area contributed by atoms with Crippen molar-refractivity contribution in [3.05, 3.63) is 47.5 Å². The molecule has 0 radical (unpaired) electrons. The fraction of sp³-hybridized carbons (Fsp3) is 0.586. The SMILES string of the molecule is CCCCCC(C)(C)c1cc(CN(CCCC)CCCC)c(O)c(-n2nc3ccccc3n2)c1. The molecule has 1 aromatic heterocycles. The van der Waals surface area contributed by atoms with Crippen LogP contribution in [0.5, 0.6) is 5.75 Å². The van der Waals surface area contributed by atoms with E-state index in [1.807, 2.05) is 24.3 Å². The molecule has 3 aromatic rings. The summed E-state index contributed by atoms with van der Waals surface area (Å²) in [6, 6.07) is 12.2. The van der Waals surface area contributed by atoms with Crippen LogP contribution in [0, 0.1) is 0 Å². The molecular weight excluding hydrogens is 420 g/mol. The van der Waals surface area contributed by atoms with Gasteiger partial charge in [0.15, 0.2) is 0 Å². The predicted octanol–water partition coefficient (Wildman–Crippen LogP) is 7.39. The molecule has 0 saturated heterocycles. The third kappa shape index (κ3) is 6.59. The number of fused-ring (bicyclic) bond motifs is 1. The van der Waals surface area contributed by atoms with Gasteiger partial charge in [0.25, 0.3) is 0 Å². The first-order valence-electron chi connectivity index (χ1n) is 13.3. The van der Waals surface area contributed by atoms with E-state index in [4.69, 9.17) is 10.2 Å². The Morgan fingerprint density at radius 1 is 0.853 bits per heavy atom. The van der Waals surface area contributed by atoms with E-state index in [2.05, 4.69) is 51.7 Å². The third-order valence-corrected chi connectivity index (χ3v) is 6.91. The molecule has 0 aliphatic carbocycles. The average Bonchev–Trinajstić information content (AvgIpc) is 3.26. The minimum absolute atomic E-state index is 0.0105. The van der Waals surface area contributed by atoms with Crippen molar-refractivity contribution in [2.24, 2.45) is 0 Å². The number of nitrogens with zero attached hydrogens (tertiary/aromatic N) is 4. The Balaban J connectivity index is 2.04. The first kappa shape index (κ1) is 26.2. The molecule has 3 rings (SSSR count). The highest BCUT2D eigenvalue weighted by molar-refractivity contribution is 5.73. The molecule has 0 aliphatic rings. The van der Waals surface area contributed by atoms with Crippen LogP contribution >= 0.6 is 0 Å². The second kappa shape index (κ2) is 12.3. The number of rotatable bonds is 14. The van der Waals surface area contributed by atoms with Crippen molar-refractivity contribution in [3.8, 4) is 11.4 Å². The molecule has 0 amide bonds. The zero-order chi connectivity index (χ0) is 24.6. The number of aromatic hydroxyl groups is 1. The molecule has 0 saturated carbocycles. The highest BCUT2D eigenvalue weighted by Gasteiger charge is 2.25. The molecule has 5 heteroatoms. The summed E-state index contributed by atoms with van der Waals surface area (Å²) in [5.41, 5.74) is 4.59. The fourth-order valence-corrected chi connectivity index (χ4v) is 4.54. The van der Waals surface area contributed by atoms with Crippen LogP contribution in [0.3, 0.4) is 0 Å². The molecule has 2 aromatic carbocycles. The maximum atomic E-state index is 11.4. The van der Waals surface area contributed by atoms with Gasteiger partial charge in [0.1, 0.15) is 22.5 Å². The monoisotopic (exact) mass is 464 g/mol. The molecule has 0 bridgehead atoms. The quantitative estimate of drug-likeness (QED) is 0.253. The Kier molecular flexibility index (Phi) is 9.52. The molecule has 0 unspecified atom stereocenters. The zero-order valence-corrected chi connectivity index (χ0v) is 22.0. The van der Waals surface area contributed by atoms with Crippen molar-refractivity contribution in [2.45, 2.75) is 97.9 Å². The summed E-state index contributed by atoms with van der Waals surface area (Å²) in [5.74, 6) is 0.298. The van der Waals surface area contributed by atoms with Crippen molar-refractivity contribution in [2.75, 3.05) is 13.1 Å². The van der Waals surface area contributed by atoms with Gasteiger partial charge in [-0.2, -0.15) is 0 Å². The zero-order valence-electron chi connectivity index (χ0n) is 22.0. The molecule has 0 spiro atoms. The van der Waals surface area contributed by atoms with Crippen molar-refractivity contribution < 1.29 is 5.11 Å². The van der Waals surface area contributed by atoms with E-state index in [1.54, 1.807) is 4.80 Å². The lowest BCUT2D eigenvalue weighted by atomic mass is 9.79. The maximum absolute atomic E-state index is 11.4. The maximum Gasteiger partial charge on any atom is 0.147 e. The van der Waals surface area contributed by atoms with Crippen LogP contribution < -0.4 is 0 Å². The number of unbranched alkanes of at least 4 members (excludes halogenated alkanes) is 4. The van der Waals surface area contributed by atoms with Gasteiger partial charge in [0, 0.05) is 12.1 Å². The minimum atomic E-state index is 0.0105. The van der Waals surface area contributed by atoms with Gasteiger partial charge in [-0.05, 0) is 61.5 Å². The van der Waals surface area contributed by atoms with E-state index in [-0.39, 0.29) is 5.41 Å². The molecular formula is C29H44N4O. The van der Waals surface area contributed by atoms with Crippen LogP contribution in [-0.2, 0) is 12.0 Å². The Labute approximate surface area is 206 Å². The summed E-state index contributed by atoms with van der Waals surface area (Å²) >= 11 is 0. The van der Waals surface area contributed by atoms with E-state index >= 15 is 0 Å². The smallest absolute Gasteiger partial charge is 0.147 e. The Morgan fingerprint density at radius 3 is 2.00 bits per heavy atom. The highest BCUT2D eigenvalue weighted by atomic mass is 16.3. The summed E-state index contributed by atoms with van der Waals surface area (Å²) in [4.78, 5) is 4.12. The Hall–Kier alpha value is -2.40. The molecule has 0 atom stereocenters. The number of aromatic nitrogens is 3. The Morgan fingerprint density at radius 2 is 1.44 bits per heavy atom. The van der Waals surface area contributed by atoms with Crippen LogP contribution in [0.25, 0.3) is 16.7 Å². The first-order chi connectivity index (χ1) is 16.4. The number of phenols is 1. The van der Waals surface area contributed by atoms with Crippen LogP contribution in [0.1, 0.15) is 97.1 Å². The lowest BCUT2D eigenvalue weighted by Gasteiger charge is -2.28. The molecule has 0 aliphatic heterocycles. The standard InChI is InChI=1S/C29H44N4O/c1-6-9-14-17-29(4,5)24-20-23(22-32(18-10-7-2)19-11-8-3)28(34)27(21-24)33-30-25-15-12-13-16-26(25)31-33/h12-13,15-16,20-21,34H,6-11,14,17-19,22H2,1-5H3. The summed E-state index contributed by atoms with van der Waals surface area (Å²) in [7, 11) is 0. The van der Waals surface area contributed by atoms with Gasteiger partial charge < -0.3 is 5.11 Å². The highest BCUT2D eigenvalue weighted by Crippen LogP contribution is 2.36. The summed E-state index contributed by atoms with van der Waals surface area (Å²) in [5, 5.41) is 20.8. The van der Waals surface area contributed by atoms with E-state index in [1.165, 1.54) is 50.5 Å². The number of hydrogen-bond donors (Lipinski definition) is 1. The van der Waals surface area contributed by atoms with Gasteiger partial charge in [0.2, 0.25) is 0 Å². The van der Waals surface area contributed by atoms with Crippen molar-refractivity contribution >= 4 is 11.0 Å². The lowest BCUT2D eigenvalue weighted by molar-refractivity contribution is 0.253. The van der Waals surface area contributed by atoms with Crippen LogP contribution in [0.2, 0.25) is 0 Å². The minimum Gasteiger partial charge on any atom is -0.505 e. The molecule has 0 fully saturated rings. The van der Waals surface area contributed by atoms with E-state index in [0.29, 0.717) is 11.4 Å². The summed E-state index contributed by atoms with van der Waals surface area (Å²) < 4.78 is 0. The second-order valence-corrected chi connectivity index (χ2v) is 10.3. The average molecular weight is 465 g/mol.